The summed E-state index contributed by atoms with van der Waals surface area (Å²) in [5.41, 5.74) is 2.44. The molecule has 0 saturated carbocycles. The Kier molecular flexibility index (Phi) is 4.63. The van der Waals surface area contributed by atoms with Gasteiger partial charge in [0.05, 0.1) is 13.2 Å². The summed E-state index contributed by atoms with van der Waals surface area (Å²) in [4.78, 5) is 0. The van der Waals surface area contributed by atoms with Crippen molar-refractivity contribution in [2.75, 3.05) is 14.2 Å². The van der Waals surface area contributed by atoms with E-state index in [-0.39, 0.29) is 17.6 Å². The van der Waals surface area contributed by atoms with Crippen molar-refractivity contribution in [3.8, 4) is 5.75 Å². The van der Waals surface area contributed by atoms with Crippen LogP contribution in [0.5, 0.6) is 5.75 Å². The van der Waals surface area contributed by atoms with Crippen LogP contribution in [0, 0.1) is 12.7 Å². The molecule has 0 radical (unpaired) electrons. The Labute approximate surface area is 123 Å². The maximum atomic E-state index is 14.4. The summed E-state index contributed by atoms with van der Waals surface area (Å²) in [7, 11) is 3.25. The Morgan fingerprint density at radius 2 is 2.00 bits per heavy atom. The summed E-state index contributed by atoms with van der Waals surface area (Å²) in [6, 6.07) is 10.6. The average molecular weight is 294 g/mol. The molecule has 0 fully saturated rings. The lowest BCUT2D eigenvalue weighted by molar-refractivity contribution is 0.382. The van der Waals surface area contributed by atoms with E-state index in [1.165, 1.54) is 7.11 Å². The Hall–Kier alpha value is -1.58. The first kappa shape index (κ1) is 14.8. The van der Waals surface area contributed by atoms with E-state index in [9.17, 15) is 4.39 Å². The second kappa shape index (κ2) is 6.25. The van der Waals surface area contributed by atoms with E-state index in [1.807, 2.05) is 25.1 Å². The Bertz CT molecular complexity index is 615. The topological polar surface area (TPSA) is 21.3 Å². The normalized spacial score (nSPS) is 12.2. The third-order valence-electron chi connectivity index (χ3n) is 3.34. The lowest BCUT2D eigenvalue weighted by Gasteiger charge is -2.19. The molecule has 4 heteroatoms. The maximum absolute atomic E-state index is 14.4. The highest BCUT2D eigenvalue weighted by Gasteiger charge is 2.19. The fraction of sp³-hybridized carbons (Fsp3) is 0.250. The maximum Gasteiger partial charge on any atom is 0.170 e. The molecule has 0 aliphatic carbocycles. The van der Waals surface area contributed by atoms with E-state index in [0.29, 0.717) is 10.6 Å². The lowest BCUT2D eigenvalue weighted by Crippen LogP contribution is -2.19. The average Bonchev–Trinajstić information content (AvgIpc) is 2.45. The number of hydrogen-bond donors (Lipinski definition) is 1. The van der Waals surface area contributed by atoms with Crippen molar-refractivity contribution in [2.45, 2.75) is 13.0 Å². The SMILES string of the molecule is CNC(c1ccc(C)c(Cl)c1)c1cccc(OC)c1F. The molecule has 0 aliphatic rings. The molecule has 0 heterocycles. The number of aryl methyl sites for hydroxylation is 1. The molecular formula is C16H17ClFNO. The largest absolute Gasteiger partial charge is 0.494 e. The smallest absolute Gasteiger partial charge is 0.170 e. The van der Waals surface area contributed by atoms with Crippen LogP contribution < -0.4 is 10.1 Å². The van der Waals surface area contributed by atoms with Gasteiger partial charge in [-0.15, -0.1) is 0 Å². The zero-order valence-electron chi connectivity index (χ0n) is 11.7. The molecule has 1 N–H and O–H groups in total. The molecule has 1 atom stereocenters. The van der Waals surface area contributed by atoms with Gasteiger partial charge in [0.25, 0.3) is 0 Å². The van der Waals surface area contributed by atoms with E-state index in [4.69, 9.17) is 16.3 Å². The van der Waals surface area contributed by atoms with Gasteiger partial charge < -0.3 is 10.1 Å². The van der Waals surface area contributed by atoms with E-state index in [1.54, 1.807) is 25.2 Å². The number of methoxy groups -OCH3 is 1. The molecule has 106 valence electrons. The van der Waals surface area contributed by atoms with Gasteiger partial charge in [-0.05, 0) is 37.2 Å². The van der Waals surface area contributed by atoms with Gasteiger partial charge in [0, 0.05) is 10.6 Å². The van der Waals surface area contributed by atoms with Gasteiger partial charge in [0.1, 0.15) is 0 Å². The Balaban J connectivity index is 2.49. The molecule has 0 aliphatic heterocycles. The minimum Gasteiger partial charge on any atom is -0.494 e. The van der Waals surface area contributed by atoms with Gasteiger partial charge in [0.15, 0.2) is 11.6 Å². The highest BCUT2D eigenvalue weighted by atomic mass is 35.5. The van der Waals surface area contributed by atoms with Gasteiger partial charge in [0.2, 0.25) is 0 Å². The molecule has 2 nitrogen and oxygen atoms in total. The third kappa shape index (κ3) is 2.79. The number of ether oxygens (including phenoxy) is 1. The molecular weight excluding hydrogens is 277 g/mol. The molecule has 0 aromatic heterocycles. The van der Waals surface area contributed by atoms with E-state index < -0.39 is 0 Å². The first-order valence-electron chi connectivity index (χ1n) is 6.34. The molecule has 2 rings (SSSR count). The molecule has 0 spiro atoms. The van der Waals surface area contributed by atoms with Crippen LogP contribution in [0.2, 0.25) is 5.02 Å². The monoisotopic (exact) mass is 293 g/mol. The molecule has 0 bridgehead atoms. The summed E-state index contributed by atoms with van der Waals surface area (Å²) >= 11 is 6.15. The van der Waals surface area contributed by atoms with Gasteiger partial charge in [-0.2, -0.15) is 0 Å². The first-order chi connectivity index (χ1) is 9.58. The Morgan fingerprint density at radius 1 is 1.25 bits per heavy atom. The summed E-state index contributed by atoms with van der Waals surface area (Å²) in [5.74, 6) is -0.119. The van der Waals surface area contributed by atoms with E-state index in [2.05, 4.69) is 5.32 Å². The van der Waals surface area contributed by atoms with Gasteiger partial charge in [-0.3, -0.25) is 0 Å². The van der Waals surface area contributed by atoms with E-state index in [0.717, 1.165) is 11.1 Å². The molecule has 0 saturated heterocycles. The van der Waals surface area contributed by atoms with Crippen LogP contribution in [-0.2, 0) is 0 Å². The zero-order chi connectivity index (χ0) is 14.7. The van der Waals surface area contributed by atoms with Crippen LogP contribution in [0.3, 0.4) is 0 Å². The first-order valence-corrected chi connectivity index (χ1v) is 6.72. The van der Waals surface area contributed by atoms with Crippen molar-refractivity contribution in [3.05, 3.63) is 63.9 Å². The Morgan fingerprint density at radius 3 is 2.60 bits per heavy atom. The standard InChI is InChI=1S/C16H17ClFNO/c1-10-7-8-11(9-13(10)17)16(19-2)12-5-4-6-14(20-3)15(12)18/h4-9,16,19H,1-3H3. The number of rotatable bonds is 4. The van der Waals surface area contributed by atoms with Crippen LogP contribution in [0.4, 0.5) is 4.39 Å². The van der Waals surface area contributed by atoms with Gasteiger partial charge in [-0.25, -0.2) is 4.39 Å². The number of halogens is 2. The summed E-state index contributed by atoms with van der Waals surface area (Å²) in [6.07, 6.45) is 0. The third-order valence-corrected chi connectivity index (χ3v) is 3.75. The van der Waals surface area contributed by atoms with Crippen molar-refractivity contribution in [3.63, 3.8) is 0 Å². The van der Waals surface area contributed by atoms with Crippen molar-refractivity contribution >= 4 is 11.6 Å². The number of nitrogens with one attached hydrogen (secondary N) is 1. The second-order valence-electron chi connectivity index (χ2n) is 4.59. The molecule has 2 aromatic rings. The van der Waals surface area contributed by atoms with Crippen LogP contribution in [0.15, 0.2) is 36.4 Å². The lowest BCUT2D eigenvalue weighted by atomic mass is 9.97. The van der Waals surface area contributed by atoms with Crippen LogP contribution >= 0.6 is 11.6 Å². The number of hydrogen-bond acceptors (Lipinski definition) is 2. The predicted octanol–water partition coefficient (Wildman–Crippen LogP) is 4.10. The van der Waals surface area contributed by atoms with Crippen LogP contribution in [0.1, 0.15) is 22.7 Å². The van der Waals surface area contributed by atoms with Crippen molar-refractivity contribution in [2.24, 2.45) is 0 Å². The van der Waals surface area contributed by atoms with Crippen molar-refractivity contribution < 1.29 is 9.13 Å². The fourth-order valence-electron chi connectivity index (χ4n) is 2.20. The van der Waals surface area contributed by atoms with Crippen LogP contribution in [-0.4, -0.2) is 14.2 Å². The summed E-state index contributed by atoms with van der Waals surface area (Å²) in [5, 5.41) is 3.79. The highest BCUT2D eigenvalue weighted by molar-refractivity contribution is 6.31. The molecule has 2 aromatic carbocycles. The van der Waals surface area contributed by atoms with Gasteiger partial charge >= 0.3 is 0 Å². The summed E-state index contributed by atoms with van der Waals surface area (Å²) < 4.78 is 19.4. The van der Waals surface area contributed by atoms with Crippen molar-refractivity contribution in [1.82, 2.24) is 5.32 Å². The highest BCUT2D eigenvalue weighted by Crippen LogP contribution is 2.30. The quantitative estimate of drug-likeness (QED) is 0.916. The number of benzene rings is 2. The summed E-state index contributed by atoms with van der Waals surface area (Å²) in [6.45, 7) is 1.94. The van der Waals surface area contributed by atoms with E-state index >= 15 is 0 Å². The molecule has 20 heavy (non-hydrogen) atoms. The zero-order valence-corrected chi connectivity index (χ0v) is 12.5. The predicted molar refractivity (Wildman–Crippen MR) is 80.0 cm³/mol. The van der Waals surface area contributed by atoms with Crippen LogP contribution in [0.25, 0.3) is 0 Å². The minimum absolute atomic E-state index is 0.237. The minimum atomic E-state index is -0.356. The molecule has 0 amide bonds. The van der Waals surface area contributed by atoms with Crippen molar-refractivity contribution in [1.29, 1.82) is 0 Å². The molecule has 1 unspecified atom stereocenters. The second-order valence-corrected chi connectivity index (χ2v) is 5.00. The fourth-order valence-corrected chi connectivity index (χ4v) is 2.39. The van der Waals surface area contributed by atoms with Gasteiger partial charge in [-0.1, -0.05) is 35.9 Å².